The predicted molar refractivity (Wildman–Crippen MR) is 91.9 cm³/mol. The number of rotatable bonds is 4. The van der Waals surface area contributed by atoms with E-state index in [0.29, 0.717) is 15.5 Å². The lowest BCUT2D eigenvalue weighted by molar-refractivity contribution is 0.0697. The second-order valence-corrected chi connectivity index (χ2v) is 5.73. The van der Waals surface area contributed by atoms with E-state index in [0.717, 1.165) is 5.69 Å². The molecular weight excluding hydrogens is 350 g/mol. The molecule has 3 rings (SSSR count). The van der Waals surface area contributed by atoms with Crippen LogP contribution in [0.3, 0.4) is 0 Å². The van der Waals surface area contributed by atoms with Gasteiger partial charge < -0.3 is 9.84 Å². The maximum Gasteiger partial charge on any atom is 0.335 e. The topological polar surface area (TPSA) is 69.3 Å². The van der Waals surface area contributed by atoms with E-state index < -0.39 is 5.97 Å². The molecule has 2 aromatic carbocycles. The smallest absolute Gasteiger partial charge is 0.335 e. The first kappa shape index (κ1) is 16.2. The Labute approximate surface area is 147 Å². The predicted octanol–water partition coefficient (Wildman–Crippen LogP) is 4.08. The third-order valence-electron chi connectivity index (χ3n) is 3.29. The van der Waals surface area contributed by atoms with Crippen molar-refractivity contribution in [3.8, 4) is 17.4 Å². The van der Waals surface area contributed by atoms with Gasteiger partial charge in [0, 0.05) is 12.1 Å². The molecule has 0 spiro atoms. The van der Waals surface area contributed by atoms with Gasteiger partial charge in [0.05, 0.1) is 11.3 Å². The van der Waals surface area contributed by atoms with Gasteiger partial charge in [0.15, 0.2) is 0 Å². The number of carboxylic acid groups (broad SMARTS) is 1. The van der Waals surface area contributed by atoms with E-state index in [9.17, 15) is 4.79 Å². The fraction of sp³-hybridized carbons (Fsp3) is 0.0625. The number of hydrogen-bond acceptors (Lipinski definition) is 4. The molecule has 0 aliphatic carbocycles. The molecule has 0 unspecified atom stereocenters. The Morgan fingerprint density at radius 1 is 1.17 bits per heavy atom. The van der Waals surface area contributed by atoms with Crippen LogP contribution in [-0.2, 0) is 7.05 Å². The van der Waals surface area contributed by atoms with Gasteiger partial charge in [0.2, 0.25) is 4.77 Å². The van der Waals surface area contributed by atoms with Crippen LogP contribution in [0.2, 0.25) is 5.02 Å². The van der Waals surface area contributed by atoms with Gasteiger partial charge in [-0.1, -0.05) is 11.6 Å². The Kier molecular flexibility index (Phi) is 4.37. The first-order valence-electron chi connectivity index (χ1n) is 6.89. The highest BCUT2D eigenvalue weighted by Crippen LogP contribution is 2.25. The van der Waals surface area contributed by atoms with E-state index in [1.54, 1.807) is 48.0 Å². The number of hydrogen-bond donors (Lipinski definition) is 1. The number of ether oxygens (including phenoxy) is 1. The van der Waals surface area contributed by atoms with Crippen molar-refractivity contribution in [2.45, 2.75) is 0 Å². The first-order chi connectivity index (χ1) is 11.5. The Morgan fingerprint density at radius 3 is 2.38 bits per heavy atom. The molecule has 0 amide bonds. The summed E-state index contributed by atoms with van der Waals surface area (Å²) in [6.45, 7) is 0. The van der Waals surface area contributed by atoms with Gasteiger partial charge in [-0.15, -0.1) is 5.10 Å². The molecule has 122 valence electrons. The Balaban J connectivity index is 1.99. The van der Waals surface area contributed by atoms with Crippen LogP contribution in [-0.4, -0.2) is 25.4 Å². The number of halogens is 1. The highest BCUT2D eigenvalue weighted by Gasteiger charge is 2.13. The third-order valence-corrected chi connectivity index (χ3v) is 3.99. The number of benzene rings is 2. The fourth-order valence-corrected chi connectivity index (χ4v) is 2.44. The van der Waals surface area contributed by atoms with Crippen LogP contribution < -0.4 is 4.74 Å². The second kappa shape index (κ2) is 6.46. The third kappa shape index (κ3) is 3.17. The SMILES string of the molecule is Cn1nc(Oc2ccc(C(=O)O)cc2)n(-c2ccc(Cl)cc2)c1=S. The molecule has 0 aliphatic rings. The Bertz CT molecular complexity index is 946. The second-order valence-electron chi connectivity index (χ2n) is 4.93. The standard InChI is InChI=1S/C16H12ClN3O3S/c1-19-16(24)20(12-6-4-11(17)5-7-12)15(18-19)23-13-8-2-10(3-9-13)14(21)22/h2-9H,1H3,(H,21,22). The molecule has 24 heavy (non-hydrogen) atoms. The molecule has 0 atom stereocenters. The molecule has 0 bridgehead atoms. The molecule has 6 nitrogen and oxygen atoms in total. The summed E-state index contributed by atoms with van der Waals surface area (Å²) in [6.07, 6.45) is 0. The van der Waals surface area contributed by atoms with E-state index in [-0.39, 0.29) is 11.6 Å². The molecular formula is C16H12ClN3O3S. The highest BCUT2D eigenvalue weighted by atomic mass is 35.5. The highest BCUT2D eigenvalue weighted by molar-refractivity contribution is 7.71. The van der Waals surface area contributed by atoms with Crippen LogP contribution in [0, 0.1) is 4.77 Å². The zero-order valence-corrected chi connectivity index (χ0v) is 14.1. The zero-order valence-electron chi connectivity index (χ0n) is 12.5. The van der Waals surface area contributed by atoms with Crippen LogP contribution in [0.4, 0.5) is 0 Å². The van der Waals surface area contributed by atoms with Crippen LogP contribution in [0.15, 0.2) is 48.5 Å². The van der Waals surface area contributed by atoms with Gasteiger partial charge in [-0.25, -0.2) is 14.0 Å². The average Bonchev–Trinajstić information content (AvgIpc) is 2.83. The molecule has 0 saturated carbocycles. The van der Waals surface area contributed by atoms with E-state index in [2.05, 4.69) is 5.10 Å². The van der Waals surface area contributed by atoms with Gasteiger partial charge in [-0.05, 0) is 60.7 Å². The van der Waals surface area contributed by atoms with Gasteiger partial charge in [-0.2, -0.15) is 0 Å². The minimum absolute atomic E-state index is 0.179. The molecule has 8 heteroatoms. The lowest BCUT2D eigenvalue weighted by atomic mass is 10.2. The number of aromatic carboxylic acids is 1. The number of nitrogens with zero attached hydrogens (tertiary/aromatic N) is 3. The maximum atomic E-state index is 10.9. The fourth-order valence-electron chi connectivity index (χ4n) is 2.09. The normalized spacial score (nSPS) is 10.6. The van der Waals surface area contributed by atoms with Crippen molar-refractivity contribution in [3.05, 3.63) is 63.9 Å². The van der Waals surface area contributed by atoms with Crippen LogP contribution in [0.1, 0.15) is 10.4 Å². The summed E-state index contributed by atoms with van der Waals surface area (Å²) < 4.78 is 9.40. The van der Waals surface area contributed by atoms with E-state index in [1.807, 2.05) is 0 Å². The van der Waals surface area contributed by atoms with Crippen LogP contribution in [0.25, 0.3) is 5.69 Å². The summed E-state index contributed by atoms with van der Waals surface area (Å²) in [5, 5.41) is 13.8. The van der Waals surface area contributed by atoms with Gasteiger partial charge in [0.25, 0.3) is 0 Å². The average molecular weight is 362 g/mol. The van der Waals surface area contributed by atoms with Crippen LogP contribution >= 0.6 is 23.8 Å². The molecule has 1 N–H and O–H groups in total. The largest absolute Gasteiger partial charge is 0.478 e. The number of carboxylic acids is 1. The summed E-state index contributed by atoms with van der Waals surface area (Å²) in [4.78, 5) is 10.9. The molecule has 0 radical (unpaired) electrons. The summed E-state index contributed by atoms with van der Waals surface area (Å²) >= 11 is 11.3. The van der Waals surface area contributed by atoms with E-state index in [4.69, 9.17) is 33.7 Å². The lowest BCUT2D eigenvalue weighted by Gasteiger charge is -2.08. The maximum absolute atomic E-state index is 10.9. The lowest BCUT2D eigenvalue weighted by Crippen LogP contribution is -1.99. The van der Waals surface area contributed by atoms with E-state index >= 15 is 0 Å². The van der Waals surface area contributed by atoms with Crippen molar-refractivity contribution in [1.82, 2.24) is 14.3 Å². The van der Waals surface area contributed by atoms with Crippen molar-refractivity contribution < 1.29 is 14.6 Å². The molecule has 0 saturated heterocycles. The van der Waals surface area contributed by atoms with Crippen molar-refractivity contribution in [2.24, 2.45) is 7.05 Å². The summed E-state index contributed by atoms with van der Waals surface area (Å²) in [6, 6.07) is 13.4. The number of aromatic nitrogens is 3. The minimum Gasteiger partial charge on any atom is -0.478 e. The summed E-state index contributed by atoms with van der Waals surface area (Å²) in [5.74, 6) is -0.542. The quantitative estimate of drug-likeness (QED) is 0.709. The Hall–Kier alpha value is -2.64. The van der Waals surface area contributed by atoms with E-state index in [1.165, 1.54) is 16.8 Å². The summed E-state index contributed by atoms with van der Waals surface area (Å²) in [5.41, 5.74) is 0.938. The first-order valence-corrected chi connectivity index (χ1v) is 7.67. The van der Waals surface area contributed by atoms with Gasteiger partial charge in [0.1, 0.15) is 5.75 Å². The summed E-state index contributed by atoms with van der Waals surface area (Å²) in [7, 11) is 1.72. The number of aryl methyl sites for hydroxylation is 1. The van der Waals surface area contributed by atoms with Gasteiger partial charge >= 0.3 is 12.0 Å². The molecule has 0 aliphatic heterocycles. The van der Waals surface area contributed by atoms with Crippen LogP contribution in [0.5, 0.6) is 11.8 Å². The van der Waals surface area contributed by atoms with Crippen molar-refractivity contribution >= 4 is 29.8 Å². The zero-order chi connectivity index (χ0) is 17.3. The van der Waals surface area contributed by atoms with Crippen molar-refractivity contribution in [3.63, 3.8) is 0 Å². The molecule has 1 heterocycles. The van der Waals surface area contributed by atoms with Crippen molar-refractivity contribution in [1.29, 1.82) is 0 Å². The Morgan fingerprint density at radius 2 is 1.79 bits per heavy atom. The molecule has 3 aromatic rings. The monoisotopic (exact) mass is 361 g/mol. The minimum atomic E-state index is -0.997. The van der Waals surface area contributed by atoms with Gasteiger partial charge in [-0.3, -0.25) is 0 Å². The number of carbonyl (C=O) groups is 1. The molecule has 0 fully saturated rings. The molecule has 1 aromatic heterocycles. The van der Waals surface area contributed by atoms with Crippen molar-refractivity contribution in [2.75, 3.05) is 0 Å².